The Morgan fingerprint density at radius 3 is 2.60 bits per heavy atom. The molecule has 1 N–H and O–H groups in total. The van der Waals surface area contributed by atoms with Crippen LogP contribution in [0.4, 0.5) is 0 Å². The zero-order valence-electron chi connectivity index (χ0n) is 12.3. The highest BCUT2D eigenvalue weighted by Gasteiger charge is 2.17. The first-order valence-corrected chi connectivity index (χ1v) is 8.07. The van der Waals surface area contributed by atoms with Crippen molar-refractivity contribution in [1.29, 1.82) is 0 Å². The second-order valence-electron chi connectivity index (χ2n) is 4.61. The Hall–Kier alpha value is -1.33. The van der Waals surface area contributed by atoms with E-state index >= 15 is 0 Å². The molecular weight excluding hydrogens is 268 g/mol. The van der Waals surface area contributed by atoms with E-state index in [2.05, 4.69) is 53.7 Å². The Morgan fingerprint density at radius 2 is 2.00 bits per heavy atom. The van der Waals surface area contributed by atoms with Crippen LogP contribution in [0.2, 0.25) is 0 Å². The van der Waals surface area contributed by atoms with E-state index in [1.165, 1.54) is 10.5 Å². The van der Waals surface area contributed by atoms with Gasteiger partial charge in [0.2, 0.25) is 0 Å². The van der Waals surface area contributed by atoms with Crippen molar-refractivity contribution in [2.45, 2.75) is 37.8 Å². The monoisotopic (exact) mass is 290 g/mol. The van der Waals surface area contributed by atoms with Gasteiger partial charge in [0, 0.05) is 11.4 Å². The Balaban J connectivity index is 2.24. The average Bonchev–Trinajstić information content (AvgIpc) is 2.91. The molecular formula is C15H22N4S. The van der Waals surface area contributed by atoms with Crippen molar-refractivity contribution in [2.75, 3.05) is 12.8 Å². The van der Waals surface area contributed by atoms with E-state index < -0.39 is 0 Å². The number of benzene rings is 1. The highest BCUT2D eigenvalue weighted by Crippen LogP contribution is 2.24. The number of thioether (sulfide) groups is 1. The second kappa shape index (κ2) is 7.45. The van der Waals surface area contributed by atoms with Crippen LogP contribution in [0.1, 0.15) is 37.6 Å². The number of hydrogen-bond acceptors (Lipinski definition) is 4. The third kappa shape index (κ3) is 3.41. The van der Waals surface area contributed by atoms with Gasteiger partial charge in [-0.05, 0) is 36.9 Å². The van der Waals surface area contributed by atoms with Crippen LogP contribution in [0.25, 0.3) is 0 Å². The third-order valence-electron chi connectivity index (χ3n) is 3.19. The summed E-state index contributed by atoms with van der Waals surface area (Å²) in [6, 6.07) is 8.87. The first kappa shape index (κ1) is 15.1. The third-order valence-corrected chi connectivity index (χ3v) is 4.09. The van der Waals surface area contributed by atoms with E-state index in [0.29, 0.717) is 0 Å². The number of rotatable bonds is 7. The predicted octanol–water partition coefficient (Wildman–Crippen LogP) is 3.11. The fraction of sp³-hybridized carbons (Fsp3) is 0.467. The van der Waals surface area contributed by atoms with E-state index in [1.54, 1.807) is 0 Å². The Morgan fingerprint density at radius 1 is 1.25 bits per heavy atom. The predicted molar refractivity (Wildman–Crippen MR) is 84.1 cm³/mol. The Kier molecular flexibility index (Phi) is 5.61. The summed E-state index contributed by atoms with van der Waals surface area (Å²) in [5, 5.41) is 11.6. The summed E-state index contributed by atoms with van der Waals surface area (Å²) >= 11 is 1.86. The molecule has 0 aliphatic carbocycles. The maximum Gasteiger partial charge on any atom is 0.0801 e. The van der Waals surface area contributed by atoms with Gasteiger partial charge < -0.3 is 5.32 Å². The molecule has 0 saturated heterocycles. The molecule has 2 rings (SSSR count). The van der Waals surface area contributed by atoms with Crippen LogP contribution in [-0.4, -0.2) is 27.8 Å². The van der Waals surface area contributed by atoms with Crippen LogP contribution in [0, 0.1) is 0 Å². The summed E-state index contributed by atoms with van der Waals surface area (Å²) < 4.78 is 1.98. The number of hydrogen-bond donors (Lipinski definition) is 1. The molecule has 1 heterocycles. The number of aromatic nitrogens is 3. The fourth-order valence-corrected chi connectivity index (χ4v) is 2.95. The largest absolute Gasteiger partial charge is 0.308 e. The minimum absolute atomic E-state index is 0.136. The smallest absolute Gasteiger partial charge is 0.0801 e. The molecule has 0 amide bonds. The molecule has 108 valence electrons. The van der Waals surface area contributed by atoms with E-state index in [-0.39, 0.29) is 6.04 Å². The number of aryl methyl sites for hydroxylation is 1. The van der Waals surface area contributed by atoms with Gasteiger partial charge in [0.25, 0.3) is 0 Å². The van der Waals surface area contributed by atoms with Gasteiger partial charge in [-0.2, -0.15) is 0 Å². The molecule has 0 radical (unpaired) electrons. The van der Waals surface area contributed by atoms with Gasteiger partial charge in [0.15, 0.2) is 0 Å². The Bertz CT molecular complexity index is 521. The van der Waals surface area contributed by atoms with E-state index in [4.69, 9.17) is 0 Å². The van der Waals surface area contributed by atoms with E-state index in [1.807, 2.05) is 29.7 Å². The fourth-order valence-electron chi connectivity index (χ4n) is 2.28. The first-order valence-electron chi connectivity index (χ1n) is 7.08. The van der Waals surface area contributed by atoms with Crippen molar-refractivity contribution in [2.24, 2.45) is 0 Å². The zero-order chi connectivity index (χ0) is 14.4. The minimum atomic E-state index is 0.136. The maximum atomic E-state index is 4.17. The highest BCUT2D eigenvalue weighted by atomic mass is 32.2. The molecule has 0 fully saturated rings. The van der Waals surface area contributed by atoms with Gasteiger partial charge in [-0.1, -0.05) is 31.2 Å². The molecule has 1 aromatic heterocycles. The standard InChI is InChI=1S/C15H22N4S/c1-4-10-19-14(11-17-18-19)15(16-3)12-6-8-13(9-7-12)20-5-2/h6-9,11,15-16H,4-5,10H2,1-3H3. The molecule has 0 aliphatic heterocycles. The summed E-state index contributed by atoms with van der Waals surface area (Å²) in [7, 11) is 1.97. The average molecular weight is 290 g/mol. The molecule has 1 aromatic carbocycles. The molecule has 0 saturated carbocycles. The molecule has 20 heavy (non-hydrogen) atoms. The van der Waals surface area contributed by atoms with Crippen LogP contribution in [0.3, 0.4) is 0 Å². The van der Waals surface area contributed by atoms with Crippen LogP contribution in [0.5, 0.6) is 0 Å². The maximum absolute atomic E-state index is 4.17. The quantitative estimate of drug-likeness (QED) is 0.796. The van der Waals surface area contributed by atoms with Crippen molar-refractivity contribution in [3.8, 4) is 0 Å². The van der Waals surface area contributed by atoms with Gasteiger partial charge in [-0.15, -0.1) is 16.9 Å². The molecule has 0 aliphatic rings. The molecule has 0 spiro atoms. The minimum Gasteiger partial charge on any atom is -0.308 e. The van der Waals surface area contributed by atoms with Crippen LogP contribution >= 0.6 is 11.8 Å². The van der Waals surface area contributed by atoms with Gasteiger partial charge in [0.05, 0.1) is 17.9 Å². The Labute approximate surface area is 125 Å². The second-order valence-corrected chi connectivity index (χ2v) is 5.94. The first-order chi connectivity index (χ1) is 9.80. The highest BCUT2D eigenvalue weighted by molar-refractivity contribution is 7.99. The number of nitrogens with one attached hydrogen (secondary N) is 1. The van der Waals surface area contributed by atoms with Crippen molar-refractivity contribution >= 4 is 11.8 Å². The van der Waals surface area contributed by atoms with Gasteiger partial charge in [0.1, 0.15) is 0 Å². The molecule has 1 unspecified atom stereocenters. The van der Waals surface area contributed by atoms with Crippen molar-refractivity contribution < 1.29 is 0 Å². The van der Waals surface area contributed by atoms with Gasteiger partial charge >= 0.3 is 0 Å². The van der Waals surface area contributed by atoms with Crippen LogP contribution in [-0.2, 0) is 6.54 Å². The lowest BCUT2D eigenvalue weighted by molar-refractivity contribution is 0.523. The van der Waals surface area contributed by atoms with Gasteiger partial charge in [-0.3, -0.25) is 0 Å². The van der Waals surface area contributed by atoms with Crippen molar-refractivity contribution in [3.63, 3.8) is 0 Å². The zero-order valence-corrected chi connectivity index (χ0v) is 13.2. The van der Waals surface area contributed by atoms with Gasteiger partial charge in [-0.25, -0.2) is 4.68 Å². The number of nitrogens with zero attached hydrogens (tertiary/aromatic N) is 3. The molecule has 5 heteroatoms. The summed E-state index contributed by atoms with van der Waals surface area (Å²) in [5.74, 6) is 1.10. The van der Waals surface area contributed by atoms with Crippen molar-refractivity contribution in [1.82, 2.24) is 20.3 Å². The summed E-state index contributed by atoms with van der Waals surface area (Å²) in [5.41, 5.74) is 2.36. The van der Waals surface area contributed by atoms with Crippen molar-refractivity contribution in [3.05, 3.63) is 41.7 Å². The molecule has 1 atom stereocenters. The summed E-state index contributed by atoms with van der Waals surface area (Å²) in [6.45, 7) is 5.22. The van der Waals surface area contributed by atoms with Crippen LogP contribution < -0.4 is 5.32 Å². The lowest BCUT2D eigenvalue weighted by Crippen LogP contribution is -2.21. The van der Waals surface area contributed by atoms with Crippen LogP contribution in [0.15, 0.2) is 35.4 Å². The lowest BCUT2D eigenvalue weighted by atomic mass is 10.0. The normalized spacial score (nSPS) is 12.6. The topological polar surface area (TPSA) is 42.7 Å². The van der Waals surface area contributed by atoms with E-state index in [9.17, 15) is 0 Å². The SMILES string of the molecule is CCCn1nncc1C(NC)c1ccc(SCC)cc1. The molecule has 4 nitrogen and oxygen atoms in total. The lowest BCUT2D eigenvalue weighted by Gasteiger charge is -2.17. The van der Waals surface area contributed by atoms with E-state index in [0.717, 1.165) is 24.4 Å². The molecule has 0 bridgehead atoms. The molecule has 2 aromatic rings. The summed E-state index contributed by atoms with van der Waals surface area (Å²) in [4.78, 5) is 1.31. The summed E-state index contributed by atoms with van der Waals surface area (Å²) in [6.07, 6.45) is 2.91.